The summed E-state index contributed by atoms with van der Waals surface area (Å²) in [6.07, 6.45) is 3.86. The van der Waals surface area contributed by atoms with Gasteiger partial charge in [-0.05, 0) is 44.4 Å². The molecule has 2 N–H and O–H groups in total. The molecule has 0 saturated carbocycles. The van der Waals surface area contributed by atoms with Crippen LogP contribution in [0.2, 0.25) is 0 Å². The van der Waals surface area contributed by atoms with E-state index in [1.54, 1.807) is 14.2 Å². The lowest BCUT2D eigenvalue weighted by Crippen LogP contribution is -2.46. The Morgan fingerprint density at radius 3 is 2.33 bits per heavy atom. The van der Waals surface area contributed by atoms with Crippen molar-refractivity contribution in [3.05, 3.63) is 23.8 Å². The number of ether oxygens (including phenoxy) is 2. The van der Waals surface area contributed by atoms with Crippen LogP contribution in [0, 0.1) is 0 Å². The maximum absolute atomic E-state index is 6.43. The van der Waals surface area contributed by atoms with Gasteiger partial charge in [-0.15, -0.1) is 0 Å². The van der Waals surface area contributed by atoms with Crippen LogP contribution in [0.3, 0.4) is 0 Å². The molecule has 3 atom stereocenters. The van der Waals surface area contributed by atoms with E-state index in [1.165, 1.54) is 19.3 Å². The fraction of sp³-hybridized carbons (Fsp3) is 0.647. The largest absolute Gasteiger partial charge is 0.493 e. The van der Waals surface area contributed by atoms with Crippen LogP contribution in [0.4, 0.5) is 0 Å². The summed E-state index contributed by atoms with van der Waals surface area (Å²) in [5.74, 6) is 1.48. The van der Waals surface area contributed by atoms with Crippen molar-refractivity contribution in [3.8, 4) is 11.5 Å². The summed E-state index contributed by atoms with van der Waals surface area (Å²) < 4.78 is 10.6. The van der Waals surface area contributed by atoms with Crippen LogP contribution >= 0.6 is 0 Å². The highest BCUT2D eigenvalue weighted by Crippen LogP contribution is 2.31. The molecule has 0 spiro atoms. The van der Waals surface area contributed by atoms with Gasteiger partial charge in [-0.3, -0.25) is 4.90 Å². The van der Waals surface area contributed by atoms with Crippen LogP contribution in [0.1, 0.15) is 44.7 Å². The highest BCUT2D eigenvalue weighted by Gasteiger charge is 2.26. The van der Waals surface area contributed by atoms with Gasteiger partial charge in [0, 0.05) is 24.7 Å². The average molecular weight is 292 g/mol. The molecule has 1 aliphatic rings. The third-order valence-electron chi connectivity index (χ3n) is 4.62. The number of benzene rings is 1. The van der Waals surface area contributed by atoms with Crippen LogP contribution < -0.4 is 15.2 Å². The predicted octanol–water partition coefficient (Wildman–Crippen LogP) is 2.97. The molecule has 0 amide bonds. The van der Waals surface area contributed by atoms with E-state index in [0.717, 1.165) is 23.6 Å². The Bertz CT molecular complexity index is 454. The Labute approximate surface area is 128 Å². The standard InChI is InChI=1S/C17H28N2O2/c1-12-6-5-7-13(2)19(12)11-15(18)14-8-9-16(20-3)17(10-14)21-4/h8-10,12-13,15H,5-7,11,18H2,1-4H3. The van der Waals surface area contributed by atoms with E-state index >= 15 is 0 Å². The summed E-state index contributed by atoms with van der Waals surface area (Å²) in [6, 6.07) is 7.17. The first-order valence-electron chi connectivity index (χ1n) is 7.80. The van der Waals surface area contributed by atoms with Crippen molar-refractivity contribution in [1.82, 2.24) is 4.90 Å². The number of nitrogens with two attached hydrogens (primary N) is 1. The number of piperidine rings is 1. The van der Waals surface area contributed by atoms with Gasteiger partial charge in [-0.1, -0.05) is 12.5 Å². The van der Waals surface area contributed by atoms with E-state index in [2.05, 4.69) is 18.7 Å². The second-order valence-corrected chi connectivity index (χ2v) is 6.05. The van der Waals surface area contributed by atoms with Gasteiger partial charge >= 0.3 is 0 Å². The first kappa shape index (κ1) is 16.1. The summed E-state index contributed by atoms with van der Waals surface area (Å²) >= 11 is 0. The lowest BCUT2D eigenvalue weighted by molar-refractivity contribution is 0.0961. The fourth-order valence-electron chi connectivity index (χ4n) is 3.25. The molecule has 1 aromatic rings. The van der Waals surface area contributed by atoms with Crippen LogP contribution in [-0.2, 0) is 0 Å². The van der Waals surface area contributed by atoms with Crippen molar-refractivity contribution in [2.45, 2.75) is 51.2 Å². The fourth-order valence-corrected chi connectivity index (χ4v) is 3.25. The predicted molar refractivity (Wildman–Crippen MR) is 86.0 cm³/mol. The van der Waals surface area contributed by atoms with Gasteiger partial charge in [0.2, 0.25) is 0 Å². The summed E-state index contributed by atoms with van der Waals surface area (Å²) in [5, 5.41) is 0. The van der Waals surface area contributed by atoms with Gasteiger partial charge in [-0.2, -0.15) is 0 Å². The lowest BCUT2D eigenvalue weighted by Gasteiger charge is -2.40. The highest BCUT2D eigenvalue weighted by atomic mass is 16.5. The SMILES string of the molecule is COc1ccc(C(N)CN2C(C)CCCC2C)cc1OC. The third-order valence-corrected chi connectivity index (χ3v) is 4.62. The Morgan fingerprint density at radius 2 is 1.76 bits per heavy atom. The van der Waals surface area contributed by atoms with Crippen LogP contribution in [-0.4, -0.2) is 37.7 Å². The molecule has 4 nitrogen and oxygen atoms in total. The highest BCUT2D eigenvalue weighted by molar-refractivity contribution is 5.43. The quantitative estimate of drug-likeness (QED) is 0.906. The molecule has 3 unspecified atom stereocenters. The molecule has 4 heteroatoms. The Morgan fingerprint density at radius 1 is 1.14 bits per heavy atom. The van der Waals surface area contributed by atoms with Gasteiger partial charge < -0.3 is 15.2 Å². The number of rotatable bonds is 5. The maximum atomic E-state index is 6.43. The number of hydrogen-bond donors (Lipinski definition) is 1. The van der Waals surface area contributed by atoms with Gasteiger partial charge in [0.15, 0.2) is 11.5 Å². The number of methoxy groups -OCH3 is 2. The molecule has 118 valence electrons. The van der Waals surface area contributed by atoms with Crippen LogP contribution in [0.15, 0.2) is 18.2 Å². The number of nitrogens with zero attached hydrogens (tertiary/aromatic N) is 1. The van der Waals surface area contributed by atoms with E-state index in [0.29, 0.717) is 12.1 Å². The second kappa shape index (κ2) is 7.14. The first-order chi connectivity index (χ1) is 10.1. The topological polar surface area (TPSA) is 47.7 Å². The molecular formula is C17H28N2O2. The van der Waals surface area contributed by atoms with E-state index in [-0.39, 0.29) is 6.04 Å². The smallest absolute Gasteiger partial charge is 0.161 e. The maximum Gasteiger partial charge on any atom is 0.161 e. The van der Waals surface area contributed by atoms with E-state index < -0.39 is 0 Å². The molecule has 1 aliphatic heterocycles. The van der Waals surface area contributed by atoms with Crippen molar-refractivity contribution in [2.75, 3.05) is 20.8 Å². The molecule has 0 aliphatic carbocycles. The monoisotopic (exact) mass is 292 g/mol. The van der Waals surface area contributed by atoms with E-state index in [1.807, 2.05) is 18.2 Å². The minimum atomic E-state index is -0.00666. The molecule has 0 aromatic heterocycles. The van der Waals surface area contributed by atoms with Crippen molar-refractivity contribution >= 4 is 0 Å². The van der Waals surface area contributed by atoms with Gasteiger partial charge in [-0.25, -0.2) is 0 Å². The van der Waals surface area contributed by atoms with Crippen molar-refractivity contribution in [3.63, 3.8) is 0 Å². The van der Waals surface area contributed by atoms with Crippen LogP contribution in [0.5, 0.6) is 11.5 Å². The lowest BCUT2D eigenvalue weighted by atomic mass is 9.95. The van der Waals surface area contributed by atoms with Crippen molar-refractivity contribution < 1.29 is 9.47 Å². The van der Waals surface area contributed by atoms with Crippen molar-refractivity contribution in [1.29, 1.82) is 0 Å². The summed E-state index contributed by atoms with van der Waals surface area (Å²) in [5.41, 5.74) is 7.52. The zero-order valence-corrected chi connectivity index (χ0v) is 13.6. The van der Waals surface area contributed by atoms with Crippen molar-refractivity contribution in [2.24, 2.45) is 5.73 Å². The Hall–Kier alpha value is -1.26. The molecule has 1 aromatic carbocycles. The molecule has 0 bridgehead atoms. The molecule has 1 saturated heterocycles. The van der Waals surface area contributed by atoms with Gasteiger partial charge in [0.05, 0.1) is 14.2 Å². The van der Waals surface area contributed by atoms with Gasteiger partial charge in [0.1, 0.15) is 0 Å². The molecule has 1 heterocycles. The zero-order chi connectivity index (χ0) is 15.4. The van der Waals surface area contributed by atoms with E-state index in [9.17, 15) is 0 Å². The normalized spacial score (nSPS) is 24.6. The molecule has 21 heavy (non-hydrogen) atoms. The molecule has 1 fully saturated rings. The van der Waals surface area contributed by atoms with Crippen LogP contribution in [0.25, 0.3) is 0 Å². The third kappa shape index (κ3) is 3.69. The summed E-state index contributed by atoms with van der Waals surface area (Å²) in [7, 11) is 3.30. The van der Waals surface area contributed by atoms with Gasteiger partial charge in [0.25, 0.3) is 0 Å². The minimum absolute atomic E-state index is 0.00666. The average Bonchev–Trinajstić information content (AvgIpc) is 2.50. The zero-order valence-electron chi connectivity index (χ0n) is 13.6. The molecular weight excluding hydrogens is 264 g/mol. The number of hydrogen-bond acceptors (Lipinski definition) is 4. The second-order valence-electron chi connectivity index (χ2n) is 6.05. The summed E-state index contributed by atoms with van der Waals surface area (Å²) in [4.78, 5) is 2.53. The van der Waals surface area contributed by atoms with E-state index in [4.69, 9.17) is 15.2 Å². The summed E-state index contributed by atoms with van der Waals surface area (Å²) in [6.45, 7) is 5.49. The molecule has 2 rings (SSSR count). The first-order valence-corrected chi connectivity index (χ1v) is 7.80. The minimum Gasteiger partial charge on any atom is -0.493 e. The Balaban J connectivity index is 2.10. The Kier molecular flexibility index (Phi) is 5.48. The molecule has 0 radical (unpaired) electrons. The number of likely N-dealkylation sites (tertiary alicyclic amines) is 1.